The summed E-state index contributed by atoms with van der Waals surface area (Å²) in [6, 6.07) is 6.38. The number of carbonyl (C=O) groups is 1. The van der Waals surface area contributed by atoms with Crippen LogP contribution >= 0.6 is 24.0 Å². The summed E-state index contributed by atoms with van der Waals surface area (Å²) in [5.74, 6) is 1.02. The summed E-state index contributed by atoms with van der Waals surface area (Å²) in [4.78, 5) is 23.4. The number of rotatable bonds is 7. The minimum atomic E-state index is -0.512. The minimum Gasteiger partial charge on any atom is -0.444 e. The number of pyridine rings is 1. The Labute approximate surface area is 210 Å². The van der Waals surface area contributed by atoms with Crippen molar-refractivity contribution in [1.82, 2.24) is 25.8 Å². The molecule has 0 bridgehead atoms. The van der Waals surface area contributed by atoms with E-state index in [4.69, 9.17) is 4.74 Å². The molecule has 8 nitrogen and oxygen atoms in total. The third-order valence-electron chi connectivity index (χ3n) is 5.26. The summed E-state index contributed by atoms with van der Waals surface area (Å²) in [5.41, 5.74) is 0.603. The van der Waals surface area contributed by atoms with Crippen molar-refractivity contribution >= 4 is 36.0 Å². The molecule has 3 N–H and O–H groups in total. The average Bonchev–Trinajstić information content (AvgIpc) is 2.70. The molecule has 1 aliphatic heterocycles. The number of hydrogen-bond acceptors (Lipinski definition) is 5. The molecule has 1 saturated heterocycles. The van der Waals surface area contributed by atoms with Gasteiger partial charge in [-0.15, -0.1) is 24.0 Å². The van der Waals surface area contributed by atoms with E-state index in [0.29, 0.717) is 12.6 Å². The minimum absolute atomic E-state index is 0. The molecule has 9 heteroatoms. The summed E-state index contributed by atoms with van der Waals surface area (Å²) in [7, 11) is 1.78. The first kappa shape index (κ1) is 28.4. The van der Waals surface area contributed by atoms with Gasteiger partial charge >= 0.3 is 6.09 Å². The lowest BCUT2D eigenvalue weighted by molar-refractivity contribution is 0.0491. The second kappa shape index (κ2) is 13.8. The molecule has 0 saturated carbocycles. The molecular formula is C23H41IN6O2. The van der Waals surface area contributed by atoms with Crippen LogP contribution in [0.5, 0.6) is 0 Å². The van der Waals surface area contributed by atoms with E-state index in [-0.39, 0.29) is 35.9 Å². The molecule has 2 rings (SSSR count). The fraction of sp³-hybridized carbons (Fsp3) is 0.696. The van der Waals surface area contributed by atoms with Crippen molar-refractivity contribution in [2.75, 3.05) is 26.7 Å². The summed E-state index contributed by atoms with van der Waals surface area (Å²) in [6.45, 7) is 13.3. The topological polar surface area (TPSA) is 90.9 Å². The number of hydrogen-bond donors (Lipinski definition) is 3. The van der Waals surface area contributed by atoms with E-state index >= 15 is 0 Å². The van der Waals surface area contributed by atoms with Crippen LogP contribution < -0.4 is 16.0 Å². The Morgan fingerprint density at radius 1 is 1.28 bits per heavy atom. The molecule has 1 atom stereocenters. The lowest BCUT2D eigenvalue weighted by atomic mass is 10.0. The van der Waals surface area contributed by atoms with Crippen LogP contribution in [0, 0.1) is 5.92 Å². The van der Waals surface area contributed by atoms with E-state index in [9.17, 15) is 4.79 Å². The van der Waals surface area contributed by atoms with Gasteiger partial charge in [-0.1, -0.05) is 19.9 Å². The van der Waals surface area contributed by atoms with Gasteiger partial charge in [0.1, 0.15) is 5.60 Å². The monoisotopic (exact) mass is 560 g/mol. The van der Waals surface area contributed by atoms with Gasteiger partial charge in [-0.2, -0.15) is 0 Å². The molecule has 1 aromatic rings. The van der Waals surface area contributed by atoms with E-state index in [2.05, 4.69) is 50.7 Å². The highest BCUT2D eigenvalue weighted by Gasteiger charge is 2.23. The zero-order valence-electron chi connectivity index (χ0n) is 20.4. The van der Waals surface area contributed by atoms with Gasteiger partial charge in [-0.25, -0.2) is 4.79 Å². The van der Waals surface area contributed by atoms with E-state index < -0.39 is 11.7 Å². The maximum atomic E-state index is 12.2. The number of nitrogens with one attached hydrogen (secondary N) is 3. The highest BCUT2D eigenvalue weighted by Crippen LogP contribution is 2.13. The molecule has 0 radical (unpaired) electrons. The van der Waals surface area contributed by atoms with E-state index in [0.717, 1.165) is 44.1 Å². The molecular weight excluding hydrogens is 519 g/mol. The molecule has 0 spiro atoms. The Hall–Kier alpha value is -1.62. The molecule has 2 heterocycles. The van der Waals surface area contributed by atoms with Crippen LogP contribution in [-0.2, 0) is 11.3 Å². The Bertz CT molecular complexity index is 700. The predicted molar refractivity (Wildman–Crippen MR) is 140 cm³/mol. The molecule has 0 aromatic carbocycles. The fourth-order valence-corrected chi connectivity index (χ4v) is 3.46. The second-order valence-corrected chi connectivity index (χ2v) is 9.47. The van der Waals surface area contributed by atoms with Crippen molar-refractivity contribution in [2.45, 2.75) is 71.7 Å². The molecule has 1 amide bonds. The number of alkyl carbamates (subject to hydrolysis) is 1. The van der Waals surface area contributed by atoms with Crippen molar-refractivity contribution in [3.05, 3.63) is 30.1 Å². The standard InChI is InChI=1S/C23H40N6O2.HI/c1-17(2)20(28-22(30)31-23(3,4)5)15-26-21(24-6)27-18-10-13-29(14-11-18)16-19-9-7-8-12-25-19;/h7-9,12,17-18,20H,10-11,13-16H2,1-6H3,(H,28,30)(H2,24,26,27);1H. The summed E-state index contributed by atoms with van der Waals surface area (Å²) in [6.07, 6.45) is 3.56. The number of halogens is 1. The number of guanidine groups is 1. The van der Waals surface area contributed by atoms with Gasteiger partial charge in [0.15, 0.2) is 5.96 Å². The Balaban J connectivity index is 0.00000512. The van der Waals surface area contributed by atoms with Gasteiger partial charge in [0, 0.05) is 45.5 Å². The van der Waals surface area contributed by atoms with E-state index in [1.165, 1.54) is 0 Å². The number of aromatic nitrogens is 1. The number of carbonyl (C=O) groups excluding carboxylic acids is 1. The van der Waals surface area contributed by atoms with Crippen LogP contribution in [0.15, 0.2) is 29.4 Å². The Morgan fingerprint density at radius 3 is 2.50 bits per heavy atom. The average molecular weight is 561 g/mol. The normalized spacial score (nSPS) is 16.8. The van der Waals surface area contributed by atoms with Crippen molar-refractivity contribution in [1.29, 1.82) is 0 Å². The van der Waals surface area contributed by atoms with Crippen molar-refractivity contribution in [3.8, 4) is 0 Å². The zero-order valence-corrected chi connectivity index (χ0v) is 22.7. The van der Waals surface area contributed by atoms with Crippen LogP contribution in [0.3, 0.4) is 0 Å². The van der Waals surface area contributed by atoms with Crippen molar-refractivity contribution < 1.29 is 9.53 Å². The maximum absolute atomic E-state index is 12.2. The lowest BCUT2D eigenvalue weighted by Gasteiger charge is -2.33. The smallest absolute Gasteiger partial charge is 0.407 e. The van der Waals surface area contributed by atoms with Gasteiger partial charge in [0.2, 0.25) is 0 Å². The molecule has 182 valence electrons. The van der Waals surface area contributed by atoms with Gasteiger partial charge in [-0.05, 0) is 51.7 Å². The van der Waals surface area contributed by atoms with E-state index in [1.54, 1.807) is 7.05 Å². The molecule has 1 aliphatic rings. The SMILES string of the molecule is CN=C(NCC(NC(=O)OC(C)(C)C)C(C)C)NC1CCN(Cc2ccccn2)CC1.I. The second-order valence-electron chi connectivity index (χ2n) is 9.47. The number of piperidine rings is 1. The Morgan fingerprint density at radius 2 is 1.97 bits per heavy atom. The third-order valence-corrected chi connectivity index (χ3v) is 5.26. The number of nitrogens with zero attached hydrogens (tertiary/aromatic N) is 3. The van der Waals surface area contributed by atoms with Gasteiger partial charge in [-0.3, -0.25) is 14.9 Å². The number of aliphatic imine (C=N–C) groups is 1. The van der Waals surface area contributed by atoms with Crippen LogP contribution in [0.25, 0.3) is 0 Å². The Kier molecular flexibility index (Phi) is 12.3. The largest absolute Gasteiger partial charge is 0.444 e. The van der Waals surface area contributed by atoms with Gasteiger partial charge < -0.3 is 20.7 Å². The van der Waals surface area contributed by atoms with E-state index in [1.807, 2.05) is 39.1 Å². The summed E-state index contributed by atoms with van der Waals surface area (Å²) in [5, 5.41) is 9.86. The summed E-state index contributed by atoms with van der Waals surface area (Å²) >= 11 is 0. The highest BCUT2D eigenvalue weighted by molar-refractivity contribution is 14.0. The van der Waals surface area contributed by atoms with Crippen LogP contribution in [0.2, 0.25) is 0 Å². The first-order valence-corrected chi connectivity index (χ1v) is 11.2. The maximum Gasteiger partial charge on any atom is 0.407 e. The number of ether oxygens (including phenoxy) is 1. The quantitative estimate of drug-likeness (QED) is 0.269. The molecule has 1 unspecified atom stereocenters. The number of amides is 1. The highest BCUT2D eigenvalue weighted by atomic mass is 127. The van der Waals surface area contributed by atoms with Crippen molar-refractivity contribution in [3.63, 3.8) is 0 Å². The molecule has 32 heavy (non-hydrogen) atoms. The molecule has 0 aliphatic carbocycles. The van der Waals surface area contributed by atoms with Crippen LogP contribution in [0.4, 0.5) is 4.79 Å². The van der Waals surface area contributed by atoms with Crippen LogP contribution in [-0.4, -0.2) is 66.3 Å². The first-order chi connectivity index (χ1) is 14.7. The lowest BCUT2D eigenvalue weighted by Crippen LogP contribution is -2.53. The van der Waals surface area contributed by atoms with Crippen molar-refractivity contribution in [2.24, 2.45) is 10.9 Å². The molecule has 1 aromatic heterocycles. The van der Waals surface area contributed by atoms with Crippen LogP contribution in [0.1, 0.15) is 53.2 Å². The fourth-order valence-electron chi connectivity index (χ4n) is 3.46. The molecule has 1 fully saturated rings. The van der Waals surface area contributed by atoms with Gasteiger partial charge in [0.25, 0.3) is 0 Å². The summed E-state index contributed by atoms with van der Waals surface area (Å²) < 4.78 is 5.39. The zero-order chi connectivity index (χ0) is 22.9. The predicted octanol–water partition coefficient (Wildman–Crippen LogP) is 3.38. The van der Waals surface area contributed by atoms with Gasteiger partial charge in [0.05, 0.1) is 11.7 Å². The number of likely N-dealkylation sites (tertiary alicyclic amines) is 1. The first-order valence-electron chi connectivity index (χ1n) is 11.2. The third kappa shape index (κ3) is 10.8.